The van der Waals surface area contributed by atoms with Crippen LogP contribution in [0.15, 0.2) is 23.1 Å². The van der Waals surface area contributed by atoms with Gasteiger partial charge in [0.2, 0.25) is 10.0 Å². The third-order valence-electron chi connectivity index (χ3n) is 2.39. The smallest absolute Gasteiger partial charge is 0.382 e. The standard InChI is InChI=1S/C11H15F3N2O3S/c1-2-19-6-5-16-10-4-3-8(20(15,17)18)7-9(10)11(12,13)14/h3-4,7,16H,2,5-6H2,1H3,(H2,15,17,18). The number of hydrogen-bond acceptors (Lipinski definition) is 4. The highest BCUT2D eigenvalue weighted by Gasteiger charge is 2.34. The van der Waals surface area contributed by atoms with E-state index in [0.29, 0.717) is 12.7 Å². The summed E-state index contributed by atoms with van der Waals surface area (Å²) in [5.74, 6) is 0. The molecule has 0 bridgehead atoms. The van der Waals surface area contributed by atoms with Crippen LogP contribution in [0.2, 0.25) is 0 Å². The van der Waals surface area contributed by atoms with E-state index in [1.807, 2.05) is 0 Å². The topological polar surface area (TPSA) is 81.4 Å². The number of primary sulfonamides is 1. The maximum atomic E-state index is 12.9. The number of hydrogen-bond donors (Lipinski definition) is 2. The molecule has 1 rings (SSSR count). The number of nitrogens with one attached hydrogen (secondary N) is 1. The van der Waals surface area contributed by atoms with Crippen LogP contribution in [0.4, 0.5) is 18.9 Å². The molecule has 5 nitrogen and oxygen atoms in total. The molecule has 0 aliphatic rings. The highest BCUT2D eigenvalue weighted by atomic mass is 32.2. The summed E-state index contributed by atoms with van der Waals surface area (Å²) in [5.41, 5.74) is -1.30. The first-order chi connectivity index (χ1) is 9.16. The fourth-order valence-corrected chi connectivity index (χ4v) is 2.03. The molecule has 0 aliphatic carbocycles. The molecule has 0 spiro atoms. The molecule has 0 saturated carbocycles. The normalized spacial score (nSPS) is 12.4. The van der Waals surface area contributed by atoms with E-state index in [0.717, 1.165) is 12.1 Å². The fraction of sp³-hybridized carbons (Fsp3) is 0.455. The lowest BCUT2D eigenvalue weighted by Crippen LogP contribution is -2.17. The van der Waals surface area contributed by atoms with Gasteiger partial charge in [-0.15, -0.1) is 0 Å². The molecular formula is C11H15F3N2O3S. The first-order valence-corrected chi connectivity index (χ1v) is 7.26. The van der Waals surface area contributed by atoms with Gasteiger partial charge in [0, 0.05) is 18.8 Å². The summed E-state index contributed by atoms with van der Waals surface area (Å²) < 4.78 is 65.8. The molecule has 0 saturated heterocycles. The van der Waals surface area contributed by atoms with E-state index in [2.05, 4.69) is 5.32 Å². The molecule has 1 aromatic carbocycles. The Balaban J connectivity index is 3.06. The van der Waals surface area contributed by atoms with Crippen molar-refractivity contribution in [1.29, 1.82) is 0 Å². The van der Waals surface area contributed by atoms with Gasteiger partial charge in [-0.3, -0.25) is 0 Å². The highest BCUT2D eigenvalue weighted by molar-refractivity contribution is 7.89. The van der Waals surface area contributed by atoms with E-state index in [-0.39, 0.29) is 18.8 Å². The average Bonchev–Trinajstić information content (AvgIpc) is 2.32. The number of alkyl halides is 3. The summed E-state index contributed by atoms with van der Waals surface area (Å²) >= 11 is 0. The molecule has 114 valence electrons. The molecule has 3 N–H and O–H groups in total. The summed E-state index contributed by atoms with van der Waals surface area (Å²) in [6.45, 7) is 2.64. The molecule has 0 radical (unpaired) electrons. The Morgan fingerprint density at radius 1 is 1.35 bits per heavy atom. The molecule has 0 aromatic heterocycles. The van der Waals surface area contributed by atoms with E-state index >= 15 is 0 Å². The SMILES string of the molecule is CCOCCNc1ccc(S(N)(=O)=O)cc1C(F)(F)F. The molecule has 0 atom stereocenters. The zero-order valence-corrected chi connectivity index (χ0v) is 11.5. The van der Waals surface area contributed by atoms with Crippen molar-refractivity contribution in [3.05, 3.63) is 23.8 Å². The van der Waals surface area contributed by atoms with Crippen molar-refractivity contribution in [2.24, 2.45) is 5.14 Å². The third kappa shape index (κ3) is 4.66. The number of rotatable bonds is 6. The van der Waals surface area contributed by atoms with E-state index in [1.54, 1.807) is 6.92 Å². The minimum Gasteiger partial charge on any atom is -0.382 e. The van der Waals surface area contributed by atoms with Crippen molar-refractivity contribution in [3.8, 4) is 0 Å². The van der Waals surface area contributed by atoms with E-state index in [4.69, 9.17) is 9.88 Å². The number of ether oxygens (including phenoxy) is 1. The number of nitrogens with two attached hydrogens (primary N) is 1. The molecule has 0 amide bonds. The Morgan fingerprint density at radius 3 is 2.50 bits per heavy atom. The second-order valence-electron chi connectivity index (χ2n) is 3.87. The van der Waals surface area contributed by atoms with Gasteiger partial charge in [-0.05, 0) is 25.1 Å². The zero-order chi connectivity index (χ0) is 15.4. The van der Waals surface area contributed by atoms with E-state index in [9.17, 15) is 21.6 Å². The van der Waals surface area contributed by atoms with Crippen LogP contribution in [-0.4, -0.2) is 28.2 Å². The summed E-state index contributed by atoms with van der Waals surface area (Å²) in [4.78, 5) is -0.583. The molecule has 0 unspecified atom stereocenters. The molecule has 0 heterocycles. The zero-order valence-electron chi connectivity index (χ0n) is 10.7. The van der Waals surface area contributed by atoms with Crippen molar-refractivity contribution >= 4 is 15.7 Å². The summed E-state index contributed by atoms with van der Waals surface area (Å²) in [5, 5.41) is 7.38. The van der Waals surface area contributed by atoms with Crippen molar-refractivity contribution in [1.82, 2.24) is 0 Å². The van der Waals surface area contributed by atoms with Crippen LogP contribution in [0.5, 0.6) is 0 Å². The van der Waals surface area contributed by atoms with Gasteiger partial charge in [0.1, 0.15) is 0 Å². The minimum absolute atomic E-state index is 0.172. The summed E-state index contributed by atoms with van der Waals surface area (Å²) in [7, 11) is -4.18. The number of anilines is 1. The first-order valence-electron chi connectivity index (χ1n) is 5.72. The average molecular weight is 312 g/mol. The van der Waals surface area contributed by atoms with Crippen LogP contribution in [0.25, 0.3) is 0 Å². The van der Waals surface area contributed by atoms with E-state index in [1.165, 1.54) is 0 Å². The van der Waals surface area contributed by atoms with Gasteiger partial charge in [0.15, 0.2) is 0 Å². The monoisotopic (exact) mass is 312 g/mol. The first kappa shape index (κ1) is 16.7. The number of benzene rings is 1. The predicted octanol–water partition coefficient (Wildman–Crippen LogP) is 1.80. The molecule has 20 heavy (non-hydrogen) atoms. The lowest BCUT2D eigenvalue weighted by Gasteiger charge is -2.15. The predicted molar refractivity (Wildman–Crippen MR) is 67.8 cm³/mol. The third-order valence-corrected chi connectivity index (χ3v) is 3.30. The molecule has 1 aromatic rings. The van der Waals surface area contributed by atoms with Gasteiger partial charge in [-0.25, -0.2) is 13.6 Å². The van der Waals surface area contributed by atoms with Gasteiger partial charge >= 0.3 is 6.18 Å². The Hall–Kier alpha value is -1.32. The van der Waals surface area contributed by atoms with Crippen molar-refractivity contribution in [2.75, 3.05) is 25.1 Å². The maximum absolute atomic E-state index is 12.9. The molecular weight excluding hydrogens is 297 g/mol. The van der Waals surface area contributed by atoms with Crippen LogP contribution in [-0.2, 0) is 20.9 Å². The van der Waals surface area contributed by atoms with Gasteiger partial charge in [0.25, 0.3) is 0 Å². The van der Waals surface area contributed by atoms with Crippen LogP contribution in [0.1, 0.15) is 12.5 Å². The second kappa shape index (κ2) is 6.42. The Labute approximate surface area is 115 Å². The molecule has 0 aliphatic heterocycles. The van der Waals surface area contributed by atoms with Crippen molar-refractivity contribution in [3.63, 3.8) is 0 Å². The lowest BCUT2D eigenvalue weighted by molar-refractivity contribution is -0.137. The van der Waals surface area contributed by atoms with Crippen molar-refractivity contribution in [2.45, 2.75) is 18.0 Å². The van der Waals surface area contributed by atoms with Crippen molar-refractivity contribution < 1.29 is 26.3 Å². The number of sulfonamides is 1. The van der Waals surface area contributed by atoms with Crippen LogP contribution in [0, 0.1) is 0 Å². The number of halogens is 3. The quantitative estimate of drug-likeness (QED) is 0.785. The van der Waals surface area contributed by atoms with Gasteiger partial charge in [-0.2, -0.15) is 13.2 Å². The Morgan fingerprint density at radius 2 is 2.00 bits per heavy atom. The Kier molecular flexibility index (Phi) is 5.37. The maximum Gasteiger partial charge on any atom is 0.418 e. The van der Waals surface area contributed by atoms with Crippen LogP contribution in [0.3, 0.4) is 0 Å². The van der Waals surface area contributed by atoms with Crippen LogP contribution < -0.4 is 10.5 Å². The second-order valence-corrected chi connectivity index (χ2v) is 5.44. The van der Waals surface area contributed by atoms with Gasteiger partial charge in [0.05, 0.1) is 17.1 Å². The van der Waals surface area contributed by atoms with E-state index < -0.39 is 26.7 Å². The van der Waals surface area contributed by atoms with Crippen LogP contribution >= 0.6 is 0 Å². The van der Waals surface area contributed by atoms with Gasteiger partial charge < -0.3 is 10.1 Å². The summed E-state index contributed by atoms with van der Waals surface area (Å²) in [6.07, 6.45) is -4.69. The summed E-state index contributed by atoms with van der Waals surface area (Å²) in [6, 6.07) is 2.57. The fourth-order valence-electron chi connectivity index (χ4n) is 1.49. The highest BCUT2D eigenvalue weighted by Crippen LogP contribution is 2.36. The Bertz CT molecular complexity index is 559. The molecule has 9 heteroatoms. The largest absolute Gasteiger partial charge is 0.418 e. The van der Waals surface area contributed by atoms with Gasteiger partial charge in [-0.1, -0.05) is 0 Å². The molecule has 0 fully saturated rings. The lowest BCUT2D eigenvalue weighted by atomic mass is 10.1. The minimum atomic E-state index is -4.69.